The molecule has 2 rings (SSSR count). The molecule has 0 spiro atoms. The van der Waals surface area contributed by atoms with Crippen molar-refractivity contribution in [2.45, 2.75) is 41.0 Å². The van der Waals surface area contributed by atoms with Crippen LogP contribution in [0.25, 0.3) is 0 Å². The van der Waals surface area contributed by atoms with Gasteiger partial charge in [0.1, 0.15) is 5.75 Å². The third-order valence-electron chi connectivity index (χ3n) is 3.84. The molecule has 0 aliphatic heterocycles. The number of ether oxygens (including phenoxy) is 1. The van der Waals surface area contributed by atoms with Gasteiger partial charge in [-0.15, -0.1) is 0 Å². The standard InChI is InChI=1S/C19H24N2O2/c1-12(2)9-17-15(5)20-21(16(17)6)19(22)11-23-18-8-7-13(3)10-14(18)4/h7-8,10H,1,9,11H2,2-6H3. The van der Waals surface area contributed by atoms with E-state index in [1.54, 1.807) is 0 Å². The summed E-state index contributed by atoms with van der Waals surface area (Å²) in [6.45, 7) is 13.7. The topological polar surface area (TPSA) is 44.1 Å². The van der Waals surface area contributed by atoms with Gasteiger partial charge in [-0.05, 0) is 52.7 Å². The smallest absolute Gasteiger partial charge is 0.284 e. The maximum atomic E-state index is 12.4. The Hall–Kier alpha value is -2.36. The van der Waals surface area contributed by atoms with E-state index < -0.39 is 0 Å². The molecule has 1 aromatic carbocycles. The van der Waals surface area contributed by atoms with Gasteiger partial charge in [0.2, 0.25) is 0 Å². The molecule has 0 amide bonds. The van der Waals surface area contributed by atoms with Crippen molar-refractivity contribution >= 4 is 5.91 Å². The van der Waals surface area contributed by atoms with Gasteiger partial charge in [-0.25, -0.2) is 4.68 Å². The van der Waals surface area contributed by atoms with Crippen LogP contribution in [0.5, 0.6) is 5.75 Å². The maximum absolute atomic E-state index is 12.4. The summed E-state index contributed by atoms with van der Waals surface area (Å²) >= 11 is 0. The number of hydrogen-bond acceptors (Lipinski definition) is 3. The lowest BCUT2D eigenvalue weighted by molar-refractivity contribution is 0.0817. The van der Waals surface area contributed by atoms with Gasteiger partial charge in [-0.3, -0.25) is 4.79 Å². The molecule has 0 bridgehead atoms. The molecule has 4 nitrogen and oxygen atoms in total. The van der Waals surface area contributed by atoms with E-state index in [9.17, 15) is 4.79 Å². The number of carbonyl (C=O) groups is 1. The SMILES string of the molecule is C=C(C)Cc1c(C)nn(C(=O)COc2ccc(C)cc2C)c1C. The first-order valence-corrected chi connectivity index (χ1v) is 7.72. The zero-order valence-corrected chi connectivity index (χ0v) is 14.6. The Labute approximate surface area is 137 Å². The van der Waals surface area contributed by atoms with Crippen LogP contribution in [-0.2, 0) is 6.42 Å². The van der Waals surface area contributed by atoms with Crippen LogP contribution in [0.15, 0.2) is 30.4 Å². The predicted octanol–water partition coefficient (Wildman–Crippen LogP) is 3.95. The summed E-state index contributed by atoms with van der Waals surface area (Å²) in [5.41, 5.74) is 6.04. The molecular formula is C19H24N2O2. The Kier molecular flexibility index (Phi) is 5.04. The summed E-state index contributed by atoms with van der Waals surface area (Å²) in [4.78, 5) is 12.4. The van der Waals surface area contributed by atoms with Crippen LogP contribution in [0.4, 0.5) is 0 Å². The Morgan fingerprint density at radius 3 is 2.57 bits per heavy atom. The number of rotatable bonds is 5. The summed E-state index contributed by atoms with van der Waals surface area (Å²) in [5, 5.41) is 4.36. The number of hydrogen-bond donors (Lipinski definition) is 0. The first-order chi connectivity index (χ1) is 10.8. The second-order valence-corrected chi connectivity index (χ2v) is 6.15. The zero-order chi connectivity index (χ0) is 17.1. The molecular weight excluding hydrogens is 288 g/mol. The second kappa shape index (κ2) is 6.82. The second-order valence-electron chi connectivity index (χ2n) is 6.15. The number of carbonyl (C=O) groups excluding carboxylic acids is 1. The van der Waals surface area contributed by atoms with Crippen molar-refractivity contribution in [3.8, 4) is 5.75 Å². The van der Waals surface area contributed by atoms with Crippen molar-refractivity contribution in [3.63, 3.8) is 0 Å². The normalized spacial score (nSPS) is 10.7. The van der Waals surface area contributed by atoms with E-state index in [1.807, 2.05) is 52.8 Å². The van der Waals surface area contributed by atoms with Crippen LogP contribution in [0.3, 0.4) is 0 Å². The van der Waals surface area contributed by atoms with Crippen molar-refractivity contribution in [2.75, 3.05) is 6.61 Å². The minimum Gasteiger partial charge on any atom is -0.483 e. The number of nitrogens with zero attached hydrogens (tertiary/aromatic N) is 2. The van der Waals surface area contributed by atoms with E-state index >= 15 is 0 Å². The van der Waals surface area contributed by atoms with E-state index in [0.717, 1.165) is 40.3 Å². The van der Waals surface area contributed by atoms with Crippen LogP contribution in [-0.4, -0.2) is 22.3 Å². The first-order valence-electron chi connectivity index (χ1n) is 7.72. The summed E-state index contributed by atoms with van der Waals surface area (Å²) < 4.78 is 7.11. The molecule has 1 aromatic heterocycles. The number of benzene rings is 1. The third kappa shape index (κ3) is 3.89. The van der Waals surface area contributed by atoms with Crippen LogP contribution in [0, 0.1) is 27.7 Å². The van der Waals surface area contributed by atoms with E-state index in [2.05, 4.69) is 11.7 Å². The van der Waals surface area contributed by atoms with Gasteiger partial charge in [0, 0.05) is 11.3 Å². The van der Waals surface area contributed by atoms with E-state index in [4.69, 9.17) is 4.74 Å². The van der Waals surface area contributed by atoms with Crippen molar-refractivity contribution in [2.24, 2.45) is 0 Å². The highest BCUT2D eigenvalue weighted by atomic mass is 16.5. The van der Waals surface area contributed by atoms with E-state index in [1.165, 1.54) is 10.2 Å². The molecule has 0 fully saturated rings. The lowest BCUT2D eigenvalue weighted by atomic mass is 10.1. The van der Waals surface area contributed by atoms with Gasteiger partial charge >= 0.3 is 0 Å². The summed E-state index contributed by atoms with van der Waals surface area (Å²) in [5.74, 6) is 0.561. The minimum atomic E-state index is -0.168. The molecule has 0 aliphatic rings. The Morgan fingerprint density at radius 1 is 1.26 bits per heavy atom. The van der Waals surface area contributed by atoms with Gasteiger partial charge in [0.25, 0.3) is 5.91 Å². The fraction of sp³-hybridized carbons (Fsp3) is 0.368. The predicted molar refractivity (Wildman–Crippen MR) is 92.3 cm³/mol. The van der Waals surface area contributed by atoms with Gasteiger partial charge < -0.3 is 4.74 Å². The van der Waals surface area contributed by atoms with Crippen molar-refractivity contribution in [1.82, 2.24) is 9.78 Å². The number of aryl methyl sites for hydroxylation is 3. The lowest BCUT2D eigenvalue weighted by Gasteiger charge is -2.10. The Morgan fingerprint density at radius 2 is 1.96 bits per heavy atom. The maximum Gasteiger partial charge on any atom is 0.284 e. The quantitative estimate of drug-likeness (QED) is 0.785. The number of aromatic nitrogens is 2. The Balaban J connectivity index is 2.13. The molecule has 0 radical (unpaired) electrons. The van der Waals surface area contributed by atoms with Crippen LogP contribution in [0.2, 0.25) is 0 Å². The van der Waals surface area contributed by atoms with Crippen molar-refractivity contribution in [1.29, 1.82) is 0 Å². The lowest BCUT2D eigenvalue weighted by Crippen LogP contribution is -2.22. The largest absolute Gasteiger partial charge is 0.483 e. The molecule has 0 atom stereocenters. The van der Waals surface area contributed by atoms with Crippen LogP contribution < -0.4 is 4.74 Å². The molecule has 0 saturated carbocycles. The average Bonchev–Trinajstić information content (AvgIpc) is 2.74. The summed E-state index contributed by atoms with van der Waals surface area (Å²) in [6, 6.07) is 5.90. The van der Waals surface area contributed by atoms with Gasteiger partial charge in [0.15, 0.2) is 6.61 Å². The Bertz CT molecular complexity index is 757. The molecule has 0 unspecified atom stereocenters. The highest BCUT2D eigenvalue weighted by Gasteiger charge is 2.17. The fourth-order valence-corrected chi connectivity index (χ4v) is 2.64. The molecule has 2 aromatic rings. The zero-order valence-electron chi connectivity index (χ0n) is 14.6. The average molecular weight is 312 g/mol. The highest BCUT2D eigenvalue weighted by molar-refractivity contribution is 5.80. The molecule has 0 saturated heterocycles. The van der Waals surface area contributed by atoms with Gasteiger partial charge in [0.05, 0.1) is 5.69 Å². The molecule has 1 heterocycles. The fourth-order valence-electron chi connectivity index (χ4n) is 2.64. The van der Waals surface area contributed by atoms with E-state index in [0.29, 0.717) is 0 Å². The molecule has 0 aliphatic carbocycles. The third-order valence-corrected chi connectivity index (χ3v) is 3.84. The van der Waals surface area contributed by atoms with Crippen LogP contribution in [0.1, 0.15) is 39.8 Å². The number of allylic oxidation sites excluding steroid dienone is 1. The highest BCUT2D eigenvalue weighted by Crippen LogP contribution is 2.20. The van der Waals surface area contributed by atoms with E-state index in [-0.39, 0.29) is 12.5 Å². The monoisotopic (exact) mass is 312 g/mol. The molecule has 4 heteroatoms. The van der Waals surface area contributed by atoms with Crippen LogP contribution >= 0.6 is 0 Å². The molecule has 122 valence electrons. The van der Waals surface area contributed by atoms with Gasteiger partial charge in [-0.1, -0.05) is 29.8 Å². The van der Waals surface area contributed by atoms with Gasteiger partial charge in [-0.2, -0.15) is 5.10 Å². The van der Waals surface area contributed by atoms with Crippen molar-refractivity contribution < 1.29 is 9.53 Å². The minimum absolute atomic E-state index is 0.0294. The van der Waals surface area contributed by atoms with Crippen molar-refractivity contribution in [3.05, 3.63) is 58.4 Å². The molecule has 23 heavy (non-hydrogen) atoms. The summed E-state index contributed by atoms with van der Waals surface area (Å²) in [7, 11) is 0. The summed E-state index contributed by atoms with van der Waals surface area (Å²) in [6.07, 6.45) is 0.739. The molecule has 0 N–H and O–H groups in total. The first kappa shape index (κ1) is 17.0.